The second-order valence-electron chi connectivity index (χ2n) is 8.74. The van der Waals surface area contributed by atoms with E-state index in [1.54, 1.807) is 26.0 Å². The third-order valence-corrected chi connectivity index (χ3v) is 6.21. The molecule has 0 radical (unpaired) electrons. The zero-order valence-corrected chi connectivity index (χ0v) is 22.6. The van der Waals surface area contributed by atoms with E-state index < -0.39 is 11.9 Å². The topological polar surface area (TPSA) is 71.1 Å². The van der Waals surface area contributed by atoms with E-state index in [0.29, 0.717) is 24.7 Å². The van der Waals surface area contributed by atoms with Crippen LogP contribution >= 0.6 is 0 Å². The van der Waals surface area contributed by atoms with Crippen molar-refractivity contribution in [3.63, 3.8) is 0 Å². The molecule has 2 aromatic carbocycles. The van der Waals surface area contributed by atoms with Crippen LogP contribution in [-0.2, 0) is 54.2 Å². The van der Waals surface area contributed by atoms with Crippen LogP contribution in [0.3, 0.4) is 0 Å². The molecule has 0 atom stereocenters. The summed E-state index contributed by atoms with van der Waals surface area (Å²) < 4.78 is 20.7. The lowest BCUT2D eigenvalue weighted by atomic mass is 9.91. The average Bonchev–Trinajstić information content (AvgIpc) is 2.90. The summed E-state index contributed by atoms with van der Waals surface area (Å²) in [4.78, 5) is 23.6. The largest absolute Gasteiger partial charge is 0.496 e. The first-order chi connectivity index (χ1) is 18.4. The van der Waals surface area contributed by atoms with Gasteiger partial charge in [-0.1, -0.05) is 48.6 Å². The second-order valence-corrected chi connectivity index (χ2v) is 8.74. The molecule has 4 aliphatic carbocycles. The normalized spacial score (nSPS) is 13.9. The third kappa shape index (κ3) is 8.51. The Hall–Kier alpha value is -4.06. The number of hydrogen-bond acceptors (Lipinski definition) is 6. The Morgan fingerprint density at radius 2 is 1.11 bits per heavy atom. The minimum Gasteiger partial charge on any atom is -0.496 e. The Kier molecular flexibility index (Phi) is 11.0. The fourth-order valence-electron chi connectivity index (χ4n) is 4.22. The fraction of sp³-hybridized carbons (Fsp3) is 0.312. The van der Waals surface area contributed by atoms with Crippen molar-refractivity contribution in [3.05, 3.63) is 106 Å². The first-order valence-corrected chi connectivity index (χ1v) is 12.9. The van der Waals surface area contributed by atoms with Gasteiger partial charge in [0, 0.05) is 0 Å². The molecule has 200 valence electrons. The maximum atomic E-state index is 11.8. The van der Waals surface area contributed by atoms with Crippen LogP contribution in [0, 0.1) is 0 Å². The molecule has 6 rings (SSSR count). The number of aryl methyl sites for hydroxylation is 4. The zero-order valence-electron chi connectivity index (χ0n) is 22.6. The van der Waals surface area contributed by atoms with Crippen LogP contribution in [0.25, 0.3) is 12.2 Å². The molecule has 4 bridgehead atoms. The molecule has 0 fully saturated rings. The molecule has 2 aromatic rings. The predicted octanol–water partition coefficient (Wildman–Crippen LogP) is 5.78. The van der Waals surface area contributed by atoms with Crippen molar-refractivity contribution < 1.29 is 28.5 Å². The number of ether oxygens (including phenoxy) is 4. The summed E-state index contributed by atoms with van der Waals surface area (Å²) in [7, 11) is 3.08. The summed E-state index contributed by atoms with van der Waals surface area (Å²) in [5.74, 6) is 0.0401. The Morgan fingerprint density at radius 3 is 1.47 bits per heavy atom. The van der Waals surface area contributed by atoms with Crippen LogP contribution in [0.15, 0.2) is 72.2 Å². The van der Waals surface area contributed by atoms with Gasteiger partial charge in [0.2, 0.25) is 0 Å². The molecule has 38 heavy (non-hydrogen) atoms. The molecule has 0 unspecified atom stereocenters. The van der Waals surface area contributed by atoms with Gasteiger partial charge in [0.25, 0.3) is 0 Å². The van der Waals surface area contributed by atoms with Crippen molar-refractivity contribution in [1.29, 1.82) is 0 Å². The lowest BCUT2D eigenvalue weighted by molar-refractivity contribution is -0.138. The van der Waals surface area contributed by atoms with Crippen molar-refractivity contribution in [2.75, 3.05) is 27.4 Å². The summed E-state index contributed by atoms with van der Waals surface area (Å²) >= 11 is 0. The molecule has 0 heterocycles. The Labute approximate surface area is 225 Å². The first-order valence-electron chi connectivity index (χ1n) is 12.9. The molecule has 0 saturated heterocycles. The van der Waals surface area contributed by atoms with Crippen molar-refractivity contribution in [2.45, 2.75) is 39.5 Å². The number of hydrogen-bond donors (Lipinski definition) is 0. The van der Waals surface area contributed by atoms with Crippen molar-refractivity contribution in [3.8, 4) is 0 Å². The lowest BCUT2D eigenvalue weighted by Gasteiger charge is -2.15. The molecule has 0 aliphatic heterocycles. The van der Waals surface area contributed by atoms with Crippen LogP contribution in [0.4, 0.5) is 0 Å². The highest BCUT2D eigenvalue weighted by atomic mass is 16.5. The average molecular weight is 517 g/mol. The number of rotatable bonds is 10. The minimum absolute atomic E-state index is 0.318. The monoisotopic (exact) mass is 516 g/mol. The summed E-state index contributed by atoms with van der Waals surface area (Å²) in [5, 5.41) is 0. The van der Waals surface area contributed by atoms with E-state index in [4.69, 9.17) is 18.9 Å². The van der Waals surface area contributed by atoms with E-state index in [2.05, 4.69) is 36.4 Å². The molecule has 0 saturated carbocycles. The number of esters is 2. The molecule has 0 N–H and O–H groups in total. The van der Waals surface area contributed by atoms with Gasteiger partial charge in [0.15, 0.2) is 0 Å². The van der Waals surface area contributed by atoms with E-state index in [1.165, 1.54) is 48.6 Å². The Balaban J connectivity index is 1.85. The molecule has 4 aliphatic rings. The Morgan fingerprint density at radius 1 is 0.684 bits per heavy atom. The van der Waals surface area contributed by atoms with Gasteiger partial charge in [-0.25, -0.2) is 9.59 Å². The van der Waals surface area contributed by atoms with Gasteiger partial charge < -0.3 is 18.9 Å². The van der Waals surface area contributed by atoms with Gasteiger partial charge in [-0.3, -0.25) is 0 Å². The first kappa shape index (κ1) is 28.5. The maximum absolute atomic E-state index is 11.8. The van der Waals surface area contributed by atoms with Crippen LogP contribution < -0.4 is 0 Å². The number of carbonyl (C=O) groups is 2. The minimum atomic E-state index is -0.424. The number of carbonyl (C=O) groups excluding carboxylic acids is 2. The van der Waals surface area contributed by atoms with Crippen LogP contribution in [0.5, 0.6) is 0 Å². The summed E-state index contributed by atoms with van der Waals surface area (Å²) in [6, 6.07) is 13.2. The van der Waals surface area contributed by atoms with Crippen molar-refractivity contribution >= 4 is 24.1 Å². The molecule has 0 amide bonds. The van der Waals surface area contributed by atoms with Gasteiger partial charge in [-0.05, 0) is 85.1 Å². The highest BCUT2D eigenvalue weighted by molar-refractivity contribution is 5.83. The number of benzene rings is 2. The van der Waals surface area contributed by atoms with E-state index in [9.17, 15) is 9.59 Å². The number of allylic oxidation sites excluding steroid dienone is 2. The third-order valence-electron chi connectivity index (χ3n) is 6.21. The van der Waals surface area contributed by atoms with Crippen molar-refractivity contribution in [1.82, 2.24) is 0 Å². The summed E-state index contributed by atoms with van der Waals surface area (Å²) in [5.41, 5.74) is 7.11. The highest BCUT2D eigenvalue weighted by Crippen LogP contribution is 2.24. The standard InChI is InChI=1S/C32H36O6/c1-5-37-31(33)21-29(35-3)17-15-27-19-23-7-11-25(27)13-9-24-8-12-26(14-10-23)28(20-24)16-18-30(36-4)22-32(34)38-6-2/h7-8,11-12,15-22H,5-6,9-10,13-14H2,1-4H3/b17-15+,18-16+,29-21+,30-22+. The van der Waals surface area contributed by atoms with Gasteiger partial charge in [-0.2, -0.15) is 0 Å². The highest BCUT2D eigenvalue weighted by Gasteiger charge is 2.10. The zero-order chi connectivity index (χ0) is 27.3. The van der Waals surface area contributed by atoms with Gasteiger partial charge in [-0.15, -0.1) is 0 Å². The van der Waals surface area contributed by atoms with Gasteiger partial charge in [0.1, 0.15) is 11.5 Å². The smallest absolute Gasteiger partial charge is 0.334 e. The second kappa shape index (κ2) is 14.6. The van der Waals surface area contributed by atoms with E-state index in [0.717, 1.165) is 36.8 Å². The summed E-state index contributed by atoms with van der Waals surface area (Å²) in [6.45, 7) is 4.18. The molecular formula is C32H36O6. The van der Waals surface area contributed by atoms with E-state index in [1.807, 2.05) is 12.2 Å². The molecule has 0 spiro atoms. The molecule has 6 heteroatoms. The van der Waals surface area contributed by atoms with Crippen LogP contribution in [-0.4, -0.2) is 39.4 Å². The molecule has 0 aromatic heterocycles. The van der Waals surface area contributed by atoms with Gasteiger partial charge >= 0.3 is 11.9 Å². The summed E-state index contributed by atoms with van der Waals surface area (Å²) in [6.07, 6.45) is 13.8. The maximum Gasteiger partial charge on any atom is 0.334 e. The van der Waals surface area contributed by atoms with Crippen LogP contribution in [0.2, 0.25) is 0 Å². The Bertz CT molecular complexity index is 1150. The molecular weight excluding hydrogens is 480 g/mol. The fourth-order valence-corrected chi connectivity index (χ4v) is 4.22. The predicted molar refractivity (Wildman–Crippen MR) is 149 cm³/mol. The SMILES string of the molecule is CCOC(=O)/C=C(\C=C\c1cc2ccc1CCc1ccc(c(/C=C/C(=C\C(=O)OCC)OC)c1)CC2)OC. The lowest BCUT2D eigenvalue weighted by Crippen LogP contribution is -2.03. The quantitative estimate of drug-likeness (QED) is 0.172. The number of methoxy groups -OCH3 is 2. The molecule has 6 nitrogen and oxygen atoms in total. The van der Waals surface area contributed by atoms with Gasteiger partial charge in [0.05, 0.1) is 39.6 Å². The van der Waals surface area contributed by atoms with Crippen molar-refractivity contribution in [2.24, 2.45) is 0 Å². The van der Waals surface area contributed by atoms with E-state index >= 15 is 0 Å². The van der Waals surface area contributed by atoms with Crippen LogP contribution in [0.1, 0.15) is 47.2 Å². The van der Waals surface area contributed by atoms with E-state index in [-0.39, 0.29) is 0 Å².